The summed E-state index contributed by atoms with van der Waals surface area (Å²) in [5, 5.41) is 13.0. The van der Waals surface area contributed by atoms with E-state index < -0.39 is 12.3 Å². The molecule has 9 heteroatoms. The van der Waals surface area contributed by atoms with E-state index >= 15 is 0 Å². The average Bonchev–Trinajstić information content (AvgIpc) is 3.34. The topological polar surface area (TPSA) is 86.9 Å². The Hall–Kier alpha value is -2.63. The highest BCUT2D eigenvalue weighted by molar-refractivity contribution is 6.35. The van der Waals surface area contributed by atoms with Crippen LogP contribution in [0.1, 0.15) is 11.1 Å². The molecule has 1 atom stereocenters. The SMILES string of the molecule is N#Cc1ccc(CC2NC(=NCC3OCCO3)N(c3cc(Cl)cc(Cl)c3)C2=O)cc1. The molecule has 1 unspecified atom stereocenters. The Kier molecular flexibility index (Phi) is 6.21. The van der Waals surface area contributed by atoms with Crippen LogP contribution in [0.2, 0.25) is 10.0 Å². The van der Waals surface area contributed by atoms with Crippen molar-refractivity contribution in [2.75, 3.05) is 24.7 Å². The quantitative estimate of drug-likeness (QED) is 0.764. The maximum atomic E-state index is 13.2. The van der Waals surface area contributed by atoms with E-state index in [0.717, 1.165) is 5.56 Å². The van der Waals surface area contributed by atoms with E-state index in [1.807, 2.05) is 12.1 Å². The normalized spacial score (nSPS) is 20.6. The molecule has 2 aliphatic heterocycles. The Morgan fingerprint density at radius 3 is 2.43 bits per heavy atom. The molecule has 4 rings (SSSR count). The van der Waals surface area contributed by atoms with Gasteiger partial charge >= 0.3 is 0 Å². The number of rotatable bonds is 5. The lowest BCUT2D eigenvalue weighted by Gasteiger charge is -2.17. The number of nitrogens with one attached hydrogen (secondary N) is 1. The number of carbonyl (C=O) groups excluding carboxylic acids is 1. The summed E-state index contributed by atoms with van der Waals surface area (Å²) in [5.41, 5.74) is 2.02. The van der Waals surface area contributed by atoms with E-state index in [1.165, 1.54) is 4.90 Å². The highest BCUT2D eigenvalue weighted by Crippen LogP contribution is 2.28. The number of nitriles is 1. The molecule has 0 aliphatic carbocycles. The van der Waals surface area contributed by atoms with Crippen LogP contribution < -0.4 is 10.2 Å². The maximum absolute atomic E-state index is 13.2. The van der Waals surface area contributed by atoms with Crippen LogP contribution in [-0.2, 0) is 20.7 Å². The monoisotopic (exact) mass is 444 g/mol. The van der Waals surface area contributed by atoms with Crippen molar-refractivity contribution in [3.05, 3.63) is 63.6 Å². The van der Waals surface area contributed by atoms with Gasteiger partial charge in [-0.2, -0.15) is 5.26 Å². The second kappa shape index (κ2) is 9.02. The van der Waals surface area contributed by atoms with E-state index in [2.05, 4.69) is 16.4 Å². The minimum Gasteiger partial charge on any atom is -0.348 e. The number of ether oxygens (including phenoxy) is 2. The number of hydrogen-bond acceptors (Lipinski definition) is 5. The summed E-state index contributed by atoms with van der Waals surface area (Å²) in [4.78, 5) is 19.2. The third-order valence-electron chi connectivity index (χ3n) is 4.74. The number of halogens is 2. The zero-order valence-electron chi connectivity index (χ0n) is 15.8. The predicted molar refractivity (Wildman–Crippen MR) is 114 cm³/mol. The number of benzene rings is 2. The third kappa shape index (κ3) is 4.58. The van der Waals surface area contributed by atoms with Gasteiger partial charge in [0.15, 0.2) is 6.29 Å². The van der Waals surface area contributed by atoms with Gasteiger partial charge in [0.05, 0.1) is 37.1 Å². The Labute approximate surface area is 183 Å². The fourth-order valence-electron chi connectivity index (χ4n) is 3.34. The highest BCUT2D eigenvalue weighted by atomic mass is 35.5. The molecule has 2 aliphatic rings. The van der Waals surface area contributed by atoms with Crippen LogP contribution in [0.5, 0.6) is 0 Å². The number of carbonyl (C=O) groups is 1. The fourth-order valence-corrected chi connectivity index (χ4v) is 3.85. The first-order valence-electron chi connectivity index (χ1n) is 9.37. The summed E-state index contributed by atoms with van der Waals surface area (Å²) in [6, 6.07) is 13.6. The van der Waals surface area contributed by atoms with Crippen molar-refractivity contribution in [3.63, 3.8) is 0 Å². The maximum Gasteiger partial charge on any atom is 0.256 e. The first kappa shape index (κ1) is 20.6. The largest absolute Gasteiger partial charge is 0.348 e. The lowest BCUT2D eigenvalue weighted by molar-refractivity contribution is -0.118. The molecule has 0 radical (unpaired) electrons. The lowest BCUT2D eigenvalue weighted by atomic mass is 10.0. The molecule has 0 aromatic heterocycles. The van der Waals surface area contributed by atoms with Gasteiger partial charge in [0, 0.05) is 16.5 Å². The van der Waals surface area contributed by atoms with Crippen LogP contribution in [0.4, 0.5) is 5.69 Å². The molecule has 30 heavy (non-hydrogen) atoms. The Bertz CT molecular complexity index is 994. The number of anilines is 1. The molecule has 2 saturated heterocycles. The molecule has 0 bridgehead atoms. The van der Waals surface area contributed by atoms with Crippen molar-refractivity contribution in [2.24, 2.45) is 4.99 Å². The van der Waals surface area contributed by atoms with E-state index in [4.69, 9.17) is 37.9 Å². The van der Waals surface area contributed by atoms with Gasteiger partial charge in [0.25, 0.3) is 5.91 Å². The third-order valence-corrected chi connectivity index (χ3v) is 5.18. The number of nitrogens with zero attached hydrogens (tertiary/aromatic N) is 3. The molecule has 2 fully saturated rings. The van der Waals surface area contributed by atoms with Crippen molar-refractivity contribution < 1.29 is 14.3 Å². The predicted octanol–water partition coefficient (Wildman–Crippen LogP) is 3.14. The van der Waals surface area contributed by atoms with E-state index in [1.54, 1.807) is 30.3 Å². The smallest absolute Gasteiger partial charge is 0.256 e. The summed E-state index contributed by atoms with van der Waals surface area (Å²) in [7, 11) is 0. The van der Waals surface area contributed by atoms with Crippen LogP contribution in [-0.4, -0.2) is 44.0 Å². The molecule has 2 aromatic rings. The van der Waals surface area contributed by atoms with Gasteiger partial charge in [0.1, 0.15) is 6.04 Å². The molecular weight excluding hydrogens is 427 g/mol. The number of aliphatic imine (C=N–C) groups is 1. The van der Waals surface area contributed by atoms with Gasteiger partial charge in [-0.3, -0.25) is 4.79 Å². The minimum atomic E-state index is -0.528. The number of guanidine groups is 1. The second-order valence-electron chi connectivity index (χ2n) is 6.85. The second-order valence-corrected chi connectivity index (χ2v) is 7.72. The van der Waals surface area contributed by atoms with Gasteiger partial charge in [-0.15, -0.1) is 0 Å². The lowest BCUT2D eigenvalue weighted by Crippen LogP contribution is -2.33. The van der Waals surface area contributed by atoms with Crippen LogP contribution in [0.25, 0.3) is 0 Å². The summed E-state index contributed by atoms with van der Waals surface area (Å²) in [6.07, 6.45) is 0.00177. The van der Waals surface area contributed by atoms with Crippen molar-refractivity contribution in [1.82, 2.24) is 5.32 Å². The molecule has 154 valence electrons. The molecule has 0 saturated carbocycles. The average molecular weight is 445 g/mol. The fraction of sp³-hybridized carbons (Fsp3) is 0.286. The zero-order chi connectivity index (χ0) is 21.1. The standard InChI is InChI=1S/C21H18Cl2N4O3/c22-15-8-16(23)10-17(9-15)27-20(28)18(7-13-1-3-14(11-24)4-2-13)26-21(27)25-12-19-29-5-6-30-19/h1-4,8-10,18-19H,5-7,12H2,(H,25,26). The number of hydrogen-bond donors (Lipinski definition) is 1. The molecule has 1 N–H and O–H groups in total. The van der Waals surface area contributed by atoms with Crippen LogP contribution in [0.3, 0.4) is 0 Å². The van der Waals surface area contributed by atoms with Gasteiger partial charge in [-0.1, -0.05) is 35.3 Å². The molecule has 2 heterocycles. The van der Waals surface area contributed by atoms with Gasteiger partial charge in [-0.25, -0.2) is 9.89 Å². The van der Waals surface area contributed by atoms with Gasteiger partial charge in [0.2, 0.25) is 5.96 Å². The first-order chi connectivity index (χ1) is 14.5. The summed E-state index contributed by atoms with van der Waals surface area (Å²) in [5.74, 6) is 0.209. The van der Waals surface area contributed by atoms with E-state index in [9.17, 15) is 4.79 Å². The first-order valence-corrected chi connectivity index (χ1v) is 10.1. The van der Waals surface area contributed by atoms with Crippen molar-refractivity contribution in [3.8, 4) is 6.07 Å². The van der Waals surface area contributed by atoms with Crippen LogP contribution in [0.15, 0.2) is 47.5 Å². The zero-order valence-corrected chi connectivity index (χ0v) is 17.4. The van der Waals surface area contributed by atoms with Gasteiger partial charge < -0.3 is 14.8 Å². The summed E-state index contributed by atoms with van der Waals surface area (Å²) in [6.45, 7) is 1.30. The molecule has 7 nitrogen and oxygen atoms in total. The van der Waals surface area contributed by atoms with Crippen LogP contribution in [0, 0.1) is 11.3 Å². The van der Waals surface area contributed by atoms with Crippen LogP contribution >= 0.6 is 23.2 Å². The molecular formula is C21H18Cl2N4O3. The highest BCUT2D eigenvalue weighted by Gasteiger charge is 2.38. The Morgan fingerprint density at radius 1 is 1.13 bits per heavy atom. The number of amides is 1. The molecule has 1 amide bonds. The summed E-state index contributed by atoms with van der Waals surface area (Å²) < 4.78 is 10.9. The van der Waals surface area contributed by atoms with Crippen molar-refractivity contribution in [1.29, 1.82) is 5.26 Å². The van der Waals surface area contributed by atoms with E-state index in [-0.39, 0.29) is 12.5 Å². The van der Waals surface area contributed by atoms with Crippen molar-refractivity contribution >= 4 is 40.8 Å². The molecule has 0 spiro atoms. The van der Waals surface area contributed by atoms with Gasteiger partial charge in [-0.05, 0) is 35.9 Å². The van der Waals surface area contributed by atoms with E-state index in [0.29, 0.717) is 46.9 Å². The summed E-state index contributed by atoms with van der Waals surface area (Å²) >= 11 is 12.3. The Balaban J connectivity index is 1.60. The Morgan fingerprint density at radius 2 is 1.80 bits per heavy atom. The van der Waals surface area contributed by atoms with Crippen molar-refractivity contribution in [2.45, 2.75) is 18.8 Å². The molecule has 2 aromatic carbocycles. The minimum absolute atomic E-state index is 0.176.